The molecule has 4 aliphatic carbocycles. The summed E-state index contributed by atoms with van der Waals surface area (Å²) in [7, 11) is 0. The van der Waals surface area contributed by atoms with E-state index in [2.05, 4.69) is 56.5 Å². The van der Waals surface area contributed by atoms with Crippen molar-refractivity contribution < 1.29 is 44.9 Å². The molecule has 2 fully saturated rings. The van der Waals surface area contributed by atoms with Gasteiger partial charge in [-0.2, -0.15) is 0 Å². The van der Waals surface area contributed by atoms with E-state index in [1.54, 1.807) is 12.0 Å². The van der Waals surface area contributed by atoms with Crippen LogP contribution in [0.1, 0.15) is 39.0 Å². The Morgan fingerprint density at radius 1 is 0.960 bits per heavy atom. The van der Waals surface area contributed by atoms with E-state index < -0.39 is 20.1 Å². The van der Waals surface area contributed by atoms with Gasteiger partial charge >= 0.3 is 150 Å². The largest absolute Gasteiger partial charge is 1.00 e. The predicted octanol–water partition coefficient (Wildman–Crippen LogP) is 0.0645. The normalized spacial score (nSPS) is 34.6. The van der Waals surface area contributed by atoms with Gasteiger partial charge in [0.2, 0.25) is 0 Å². The van der Waals surface area contributed by atoms with Crippen LogP contribution >= 0.6 is 0 Å². The molecular weight excluding hydrogens is 530 g/mol. The van der Waals surface area contributed by atoms with Crippen molar-refractivity contribution in [2.24, 2.45) is 23.7 Å². The Morgan fingerprint density at radius 2 is 1.60 bits per heavy atom. The summed E-state index contributed by atoms with van der Waals surface area (Å²) < 4.78 is 3.15. The van der Waals surface area contributed by atoms with Crippen LogP contribution in [0, 0.1) is 23.7 Å². The molecule has 0 aromatic heterocycles. The van der Waals surface area contributed by atoms with Crippen LogP contribution in [0.2, 0.25) is 16.8 Å². The second kappa shape index (κ2) is 9.21. The first-order chi connectivity index (χ1) is 11.2. The first-order valence-electron chi connectivity index (χ1n) is 9.57. The molecule has 0 aromatic rings. The van der Waals surface area contributed by atoms with E-state index in [1.165, 1.54) is 25.7 Å². The summed E-state index contributed by atoms with van der Waals surface area (Å²) in [4.78, 5) is 0. The molecule has 0 amide bonds. The summed E-state index contributed by atoms with van der Waals surface area (Å²) in [6.45, 7) is 7.74. The van der Waals surface area contributed by atoms with Crippen LogP contribution in [0.5, 0.6) is 0 Å². The molecule has 0 aromatic carbocycles. The van der Waals surface area contributed by atoms with Crippen molar-refractivity contribution in [3.05, 3.63) is 45.4 Å². The Labute approximate surface area is 174 Å². The Kier molecular flexibility index (Phi) is 8.08. The van der Waals surface area contributed by atoms with E-state index >= 15 is 0 Å². The third kappa shape index (κ3) is 3.93. The molecule has 0 nitrogen and oxygen atoms in total. The number of hydrogen-bond donors (Lipinski definition) is 0. The topological polar surface area (TPSA) is 0 Å². The molecule has 4 aliphatic rings. The molecule has 0 spiro atoms. The maximum absolute atomic E-state index is 2.67. The van der Waals surface area contributed by atoms with Gasteiger partial charge in [0.1, 0.15) is 0 Å². The zero-order chi connectivity index (χ0) is 16.0. The maximum Gasteiger partial charge on any atom is -1.00 e. The van der Waals surface area contributed by atoms with Gasteiger partial charge in [0.25, 0.3) is 0 Å². The van der Waals surface area contributed by atoms with E-state index in [0.29, 0.717) is 0 Å². The zero-order valence-electron chi connectivity index (χ0n) is 15.6. The summed E-state index contributed by atoms with van der Waals surface area (Å²) in [5.41, 5.74) is 1.57. The molecule has 0 aliphatic heterocycles. The van der Waals surface area contributed by atoms with Crippen molar-refractivity contribution >= 4 is 5.49 Å². The Morgan fingerprint density at radius 3 is 2.20 bits per heavy atom. The van der Waals surface area contributed by atoms with E-state index in [0.717, 1.165) is 27.3 Å². The fourth-order valence-corrected chi connectivity index (χ4v) is 36.8. The van der Waals surface area contributed by atoms with Crippen molar-refractivity contribution in [1.82, 2.24) is 0 Å². The number of hydrogen-bond acceptors (Lipinski definition) is 0. The van der Waals surface area contributed by atoms with E-state index in [9.17, 15) is 0 Å². The molecule has 25 heavy (non-hydrogen) atoms. The van der Waals surface area contributed by atoms with Crippen LogP contribution in [0.3, 0.4) is 0 Å². The zero-order valence-corrected chi connectivity index (χ0v) is 21.7. The molecule has 136 valence electrons. The number of allylic oxidation sites excluding steroid dienone is 8. The summed E-state index contributed by atoms with van der Waals surface area (Å²) in [6, 6.07) is 0. The van der Waals surface area contributed by atoms with Crippen molar-refractivity contribution in [2.75, 3.05) is 0 Å². The van der Waals surface area contributed by atoms with Gasteiger partial charge in [-0.15, -0.1) is 0 Å². The monoisotopic (exact) mass is 560 g/mol. The molecule has 5 atom stereocenters. The van der Waals surface area contributed by atoms with Gasteiger partial charge < -0.3 is 24.8 Å². The van der Waals surface area contributed by atoms with Crippen molar-refractivity contribution in [1.29, 1.82) is 0 Å². The van der Waals surface area contributed by atoms with Crippen molar-refractivity contribution in [3.8, 4) is 0 Å². The minimum absolute atomic E-state index is 0. The molecule has 4 rings (SSSR count). The van der Waals surface area contributed by atoms with Crippen LogP contribution in [0.15, 0.2) is 45.4 Å². The number of fused-ring (bicyclic) bond motifs is 3. The fraction of sp³-hybridized carbons (Fsp3) is 0.619. The average Bonchev–Trinajstić information content (AvgIpc) is 3.11. The Bertz CT molecular complexity index is 655. The van der Waals surface area contributed by atoms with Crippen LogP contribution in [0.4, 0.5) is 0 Å². The molecule has 5 unspecified atom stereocenters. The maximum atomic E-state index is 2.67. The van der Waals surface area contributed by atoms with Crippen molar-refractivity contribution in [2.45, 2.75) is 55.8 Å². The summed E-state index contributed by atoms with van der Waals surface area (Å²) in [6.07, 6.45) is 22.3. The number of halogens is 2. The minimum Gasteiger partial charge on any atom is -1.00 e. The second-order valence-corrected chi connectivity index (χ2v) is 33.0. The predicted molar refractivity (Wildman–Crippen MR) is 98.4 cm³/mol. The quantitative estimate of drug-likeness (QED) is 0.420. The van der Waals surface area contributed by atoms with E-state index in [4.69, 9.17) is 0 Å². The summed E-state index contributed by atoms with van der Waals surface area (Å²) >= 11 is -1.73. The van der Waals surface area contributed by atoms with Gasteiger partial charge in [-0.3, -0.25) is 0 Å². The molecule has 0 heterocycles. The molecule has 0 saturated heterocycles. The molecular formula is C21H30Cl2HfSi. The van der Waals surface area contributed by atoms with Gasteiger partial charge in [-0.25, -0.2) is 0 Å². The van der Waals surface area contributed by atoms with E-state index in [1.807, 2.05) is 3.33 Å². The first-order valence-corrected chi connectivity index (χ1v) is 21.3. The van der Waals surface area contributed by atoms with Crippen LogP contribution in [0.25, 0.3) is 0 Å². The number of rotatable bonds is 2. The molecule has 4 heteroatoms. The van der Waals surface area contributed by atoms with Crippen LogP contribution < -0.4 is 24.8 Å². The fourth-order valence-electron chi connectivity index (χ4n) is 6.01. The van der Waals surface area contributed by atoms with Crippen LogP contribution in [-0.4, -0.2) is 5.49 Å². The standard InChI is InChI=1S/C13H17.C6H7.C2H6Si.2ClH.Hf/c1-3-7-12-10(5-1)9-11-6-2-4-8-13(11)12;1-6-4-2-3-5-6;1-3-2;;;/h1,3,5,7,9-13H,2,4,6,8H2;2,4H,3H2,1H3;1-2H3;2*1H;/q;;;;;+2/p-2. The average molecular weight is 560 g/mol. The van der Waals surface area contributed by atoms with Gasteiger partial charge in [-0.1, -0.05) is 0 Å². The van der Waals surface area contributed by atoms with Gasteiger partial charge in [0.05, 0.1) is 0 Å². The van der Waals surface area contributed by atoms with E-state index in [-0.39, 0.29) is 30.3 Å². The Hall–Kier alpha value is 0.627. The summed E-state index contributed by atoms with van der Waals surface area (Å²) in [5.74, 6) is 3.91. The Balaban J connectivity index is 0.00000113. The third-order valence-electron chi connectivity index (χ3n) is 6.83. The molecule has 2 saturated carbocycles. The summed E-state index contributed by atoms with van der Waals surface area (Å²) in [5, 5.41) is 0. The smallest absolute Gasteiger partial charge is 1.00 e. The van der Waals surface area contributed by atoms with Crippen molar-refractivity contribution in [3.63, 3.8) is 0 Å². The van der Waals surface area contributed by atoms with Crippen LogP contribution in [-0.2, 0) is 20.1 Å². The SMILES string of the molecule is CC1=[C]([Hf+2]([CH]2C3C=CC=CC3C3CCCCC32)=[Si](C)C)CC=C1.[Cl-].[Cl-]. The first kappa shape index (κ1) is 21.9. The van der Waals surface area contributed by atoms with Gasteiger partial charge in [0.15, 0.2) is 0 Å². The van der Waals surface area contributed by atoms with Gasteiger partial charge in [0, 0.05) is 0 Å². The van der Waals surface area contributed by atoms with Gasteiger partial charge in [-0.05, 0) is 0 Å². The second-order valence-electron chi connectivity index (χ2n) is 8.24. The third-order valence-corrected chi connectivity index (χ3v) is 34.5. The molecule has 0 radical (unpaired) electrons. The molecule has 0 bridgehead atoms. The molecule has 0 N–H and O–H groups in total. The minimum atomic E-state index is -1.73.